The van der Waals surface area contributed by atoms with Gasteiger partial charge in [0.15, 0.2) is 0 Å². The molecule has 0 saturated carbocycles. The minimum absolute atomic E-state index is 1.27. The molecule has 0 atom stereocenters. The van der Waals surface area contributed by atoms with Crippen LogP contribution in [0.25, 0.3) is 0 Å². The second-order valence-corrected chi connectivity index (χ2v) is 10.7. The van der Waals surface area contributed by atoms with Crippen LogP contribution in [0.5, 0.6) is 0 Å². The number of hydrogen-bond donors (Lipinski definition) is 0. The van der Waals surface area contributed by atoms with E-state index in [0.717, 1.165) is 0 Å². The van der Waals surface area contributed by atoms with Crippen LogP contribution in [-0.4, -0.2) is 0 Å². The van der Waals surface area contributed by atoms with Crippen LogP contribution in [0.15, 0.2) is 24.3 Å². The first-order chi connectivity index (χ1) is 16.9. The van der Waals surface area contributed by atoms with Crippen LogP contribution < -0.4 is 0 Å². The quantitative estimate of drug-likeness (QED) is 0.0748. The lowest BCUT2D eigenvalue weighted by Gasteiger charge is -2.02. The molecular weight excluding hydrogens is 408 g/mol. The van der Waals surface area contributed by atoms with Crippen molar-refractivity contribution in [3.8, 4) is 0 Å². The second-order valence-electron chi connectivity index (χ2n) is 10.7. The number of allylic oxidation sites excluding steroid dienone is 4. The van der Waals surface area contributed by atoms with E-state index in [1.54, 1.807) is 0 Å². The minimum atomic E-state index is 1.27. The molecule has 0 aromatic rings. The molecule has 0 rings (SSSR count). The van der Waals surface area contributed by atoms with Crippen LogP contribution in [0.2, 0.25) is 0 Å². The largest absolute Gasteiger partial charge is 0.0885 e. The van der Waals surface area contributed by atoms with Gasteiger partial charge >= 0.3 is 0 Å². The van der Waals surface area contributed by atoms with Crippen molar-refractivity contribution in [2.75, 3.05) is 0 Å². The summed E-state index contributed by atoms with van der Waals surface area (Å²) in [5, 5.41) is 0. The molecule has 34 heavy (non-hydrogen) atoms. The third-order valence-corrected chi connectivity index (χ3v) is 7.13. The van der Waals surface area contributed by atoms with Crippen molar-refractivity contribution in [3.05, 3.63) is 30.7 Å². The van der Waals surface area contributed by atoms with Gasteiger partial charge in [-0.05, 0) is 51.4 Å². The van der Waals surface area contributed by atoms with Gasteiger partial charge in [-0.1, -0.05) is 167 Å². The zero-order valence-electron chi connectivity index (χ0n) is 24.0. The van der Waals surface area contributed by atoms with Gasteiger partial charge in [0.05, 0.1) is 0 Å². The summed E-state index contributed by atoms with van der Waals surface area (Å²) in [5.74, 6) is 0. The Morgan fingerprint density at radius 3 is 1.00 bits per heavy atom. The van der Waals surface area contributed by atoms with E-state index in [0.29, 0.717) is 0 Å². The summed E-state index contributed by atoms with van der Waals surface area (Å²) in [5.41, 5.74) is 0. The van der Waals surface area contributed by atoms with Gasteiger partial charge in [-0.3, -0.25) is 0 Å². The molecule has 0 fully saturated rings. The topological polar surface area (TPSA) is 0 Å². The minimum Gasteiger partial charge on any atom is -0.0885 e. The second kappa shape index (κ2) is 32.5. The lowest BCUT2D eigenvalue weighted by atomic mass is 10.0. The molecule has 0 aliphatic rings. The molecule has 0 heterocycles. The summed E-state index contributed by atoms with van der Waals surface area (Å²) in [6.07, 6.45) is 49.9. The SMILES string of the molecule is CCCCCCC=CCCCCCCCC[CH]C=CCCCCCCCCCCCCCCC. The Labute approximate surface area is 217 Å². The Kier molecular flexibility index (Phi) is 32.0. The molecule has 0 aromatic heterocycles. The summed E-state index contributed by atoms with van der Waals surface area (Å²) in [7, 11) is 0. The Morgan fingerprint density at radius 1 is 0.294 bits per heavy atom. The van der Waals surface area contributed by atoms with Crippen molar-refractivity contribution >= 4 is 0 Å². The first-order valence-corrected chi connectivity index (χ1v) is 16.0. The van der Waals surface area contributed by atoms with Crippen molar-refractivity contribution in [2.45, 2.75) is 187 Å². The molecule has 0 N–H and O–H groups in total. The highest BCUT2D eigenvalue weighted by Gasteiger charge is 1.94. The van der Waals surface area contributed by atoms with Crippen molar-refractivity contribution in [3.63, 3.8) is 0 Å². The molecule has 1 radical (unpaired) electrons. The Hall–Kier alpha value is -0.520. The summed E-state index contributed by atoms with van der Waals surface area (Å²) in [4.78, 5) is 0. The zero-order valence-corrected chi connectivity index (χ0v) is 24.0. The Balaban J connectivity index is 3.11. The van der Waals surface area contributed by atoms with Crippen LogP contribution in [0.4, 0.5) is 0 Å². The fourth-order valence-electron chi connectivity index (χ4n) is 4.72. The Morgan fingerprint density at radius 2 is 0.588 bits per heavy atom. The number of hydrogen-bond acceptors (Lipinski definition) is 0. The van der Waals surface area contributed by atoms with Gasteiger partial charge in [0.1, 0.15) is 0 Å². The summed E-state index contributed by atoms with van der Waals surface area (Å²) < 4.78 is 0. The molecule has 0 spiro atoms. The number of rotatable bonds is 29. The van der Waals surface area contributed by atoms with Gasteiger partial charge in [0, 0.05) is 0 Å². The summed E-state index contributed by atoms with van der Waals surface area (Å²) >= 11 is 0. The fraction of sp³-hybridized carbons (Fsp3) is 0.853. The molecular formula is C34H65. The average molecular weight is 474 g/mol. The fourth-order valence-corrected chi connectivity index (χ4v) is 4.72. The molecule has 0 bridgehead atoms. The summed E-state index contributed by atoms with van der Waals surface area (Å²) in [6.45, 7) is 4.59. The van der Waals surface area contributed by atoms with Crippen molar-refractivity contribution < 1.29 is 0 Å². The predicted octanol–water partition coefficient (Wildman–Crippen LogP) is 12.9. The van der Waals surface area contributed by atoms with E-state index in [1.807, 2.05) is 0 Å². The molecule has 201 valence electrons. The zero-order chi connectivity index (χ0) is 24.6. The van der Waals surface area contributed by atoms with E-state index >= 15 is 0 Å². The van der Waals surface area contributed by atoms with Crippen LogP contribution >= 0.6 is 0 Å². The van der Waals surface area contributed by atoms with Crippen LogP contribution in [0.1, 0.15) is 187 Å². The highest BCUT2D eigenvalue weighted by Crippen LogP contribution is 2.14. The van der Waals surface area contributed by atoms with E-state index in [1.165, 1.54) is 173 Å². The van der Waals surface area contributed by atoms with Crippen LogP contribution in [0.3, 0.4) is 0 Å². The lowest BCUT2D eigenvalue weighted by Crippen LogP contribution is -1.83. The van der Waals surface area contributed by atoms with Crippen LogP contribution in [0, 0.1) is 6.42 Å². The van der Waals surface area contributed by atoms with Crippen molar-refractivity contribution in [1.29, 1.82) is 0 Å². The highest BCUT2D eigenvalue weighted by atomic mass is 14.0. The van der Waals surface area contributed by atoms with Crippen LogP contribution in [-0.2, 0) is 0 Å². The Bertz CT molecular complexity index is 391. The smallest absolute Gasteiger partial charge is 0.0171 e. The van der Waals surface area contributed by atoms with Gasteiger partial charge < -0.3 is 0 Å². The van der Waals surface area contributed by atoms with Gasteiger partial charge in [-0.15, -0.1) is 0 Å². The maximum atomic E-state index is 2.42. The van der Waals surface area contributed by atoms with E-state index in [2.05, 4.69) is 44.6 Å². The van der Waals surface area contributed by atoms with Gasteiger partial charge in [0.25, 0.3) is 0 Å². The van der Waals surface area contributed by atoms with E-state index in [-0.39, 0.29) is 0 Å². The maximum Gasteiger partial charge on any atom is -0.0171 e. The molecule has 0 nitrogen and oxygen atoms in total. The normalized spacial score (nSPS) is 11.9. The van der Waals surface area contributed by atoms with Gasteiger partial charge in [-0.2, -0.15) is 0 Å². The molecule has 0 aromatic carbocycles. The van der Waals surface area contributed by atoms with Gasteiger partial charge in [-0.25, -0.2) is 0 Å². The van der Waals surface area contributed by atoms with Gasteiger partial charge in [0.2, 0.25) is 0 Å². The first-order valence-electron chi connectivity index (χ1n) is 16.0. The monoisotopic (exact) mass is 474 g/mol. The molecule has 0 amide bonds. The highest BCUT2D eigenvalue weighted by molar-refractivity contribution is 4.94. The standard InChI is InChI=1S/C34H65/c1-3-5-7-9-11-13-15-17-19-21-23-25-27-29-31-33-34-32-30-28-26-24-22-20-18-16-14-12-10-8-6-4-2/h13,15,32-34H,3-12,14,16-31H2,1-2H3. The molecule has 0 unspecified atom stereocenters. The third kappa shape index (κ3) is 31.5. The maximum absolute atomic E-state index is 2.42. The number of unbranched alkanes of at least 4 members (excludes halogenated alkanes) is 25. The predicted molar refractivity (Wildman–Crippen MR) is 159 cm³/mol. The van der Waals surface area contributed by atoms with E-state index < -0.39 is 0 Å². The van der Waals surface area contributed by atoms with Crippen molar-refractivity contribution in [1.82, 2.24) is 0 Å². The average Bonchev–Trinajstić information content (AvgIpc) is 2.85. The van der Waals surface area contributed by atoms with E-state index in [4.69, 9.17) is 0 Å². The van der Waals surface area contributed by atoms with E-state index in [9.17, 15) is 0 Å². The summed E-state index contributed by atoms with van der Waals surface area (Å²) in [6, 6.07) is 0. The molecule has 0 heteroatoms. The third-order valence-electron chi connectivity index (χ3n) is 7.13. The first kappa shape index (κ1) is 33.5. The molecule has 0 aliphatic heterocycles. The lowest BCUT2D eigenvalue weighted by molar-refractivity contribution is 0.540. The molecule has 0 saturated heterocycles. The van der Waals surface area contributed by atoms with Crippen molar-refractivity contribution in [2.24, 2.45) is 0 Å². The molecule has 0 aliphatic carbocycles.